The van der Waals surface area contributed by atoms with Gasteiger partial charge in [0.25, 0.3) is 0 Å². The van der Waals surface area contributed by atoms with Gasteiger partial charge in [0.1, 0.15) is 0 Å². The van der Waals surface area contributed by atoms with Crippen LogP contribution < -0.4 is 5.32 Å². The number of rotatable bonds is 7. The van der Waals surface area contributed by atoms with Gasteiger partial charge in [-0.05, 0) is 52.0 Å². The van der Waals surface area contributed by atoms with Crippen LogP contribution in [0.4, 0.5) is 0 Å². The second-order valence-corrected chi connectivity index (χ2v) is 5.37. The molecule has 0 rings (SSSR count). The van der Waals surface area contributed by atoms with Crippen molar-refractivity contribution in [3.8, 4) is 0 Å². The summed E-state index contributed by atoms with van der Waals surface area (Å²) in [6, 6.07) is 0. The van der Waals surface area contributed by atoms with E-state index in [0.717, 1.165) is 13.1 Å². The molecule has 0 aromatic carbocycles. The summed E-state index contributed by atoms with van der Waals surface area (Å²) in [4.78, 5) is 2.38. The molecule has 0 aromatic heterocycles. The fraction of sp³-hybridized carbons (Fsp3) is 1.00. The van der Waals surface area contributed by atoms with Crippen molar-refractivity contribution in [2.45, 2.75) is 53.9 Å². The molecule has 2 heteroatoms. The van der Waals surface area contributed by atoms with Crippen molar-refractivity contribution >= 4 is 0 Å². The number of hydrogen-bond acceptors (Lipinski definition) is 2. The zero-order valence-corrected chi connectivity index (χ0v) is 12.7. The van der Waals surface area contributed by atoms with Gasteiger partial charge in [-0.2, -0.15) is 0 Å². The minimum Gasteiger partial charge on any atom is -0.320 e. The van der Waals surface area contributed by atoms with E-state index in [1.807, 2.05) is 7.05 Å². The molecule has 1 N–H and O–H groups in total. The third-order valence-electron chi connectivity index (χ3n) is 2.76. The first-order valence-corrected chi connectivity index (χ1v) is 6.76. The SMILES string of the molecule is CCC.CCN(C)CCC(C)(C)CCNC. The minimum atomic E-state index is 0.479. The van der Waals surface area contributed by atoms with Gasteiger partial charge < -0.3 is 10.2 Å². The van der Waals surface area contributed by atoms with Crippen molar-refractivity contribution in [1.82, 2.24) is 10.2 Å². The van der Waals surface area contributed by atoms with Gasteiger partial charge in [0, 0.05) is 0 Å². The van der Waals surface area contributed by atoms with Crippen molar-refractivity contribution < 1.29 is 0 Å². The predicted octanol–water partition coefficient (Wildman–Crippen LogP) is 3.38. The highest BCUT2D eigenvalue weighted by molar-refractivity contribution is 4.70. The van der Waals surface area contributed by atoms with Crippen LogP contribution in [0.1, 0.15) is 53.9 Å². The van der Waals surface area contributed by atoms with Crippen LogP contribution in [0, 0.1) is 5.41 Å². The molecule has 0 aromatic rings. The summed E-state index contributed by atoms with van der Waals surface area (Å²) in [5.41, 5.74) is 0.479. The second-order valence-electron chi connectivity index (χ2n) is 5.37. The summed E-state index contributed by atoms with van der Waals surface area (Å²) < 4.78 is 0. The maximum Gasteiger partial charge on any atom is -0.00168 e. The van der Waals surface area contributed by atoms with Gasteiger partial charge in [0.15, 0.2) is 0 Å². The lowest BCUT2D eigenvalue weighted by atomic mass is 9.85. The molecule has 0 saturated heterocycles. The van der Waals surface area contributed by atoms with E-state index in [4.69, 9.17) is 0 Å². The topological polar surface area (TPSA) is 15.3 Å². The smallest absolute Gasteiger partial charge is 0.00168 e. The van der Waals surface area contributed by atoms with Crippen LogP contribution in [0.25, 0.3) is 0 Å². The predicted molar refractivity (Wildman–Crippen MR) is 76.1 cm³/mol. The lowest BCUT2D eigenvalue weighted by Crippen LogP contribution is -2.26. The summed E-state index contributed by atoms with van der Waals surface area (Å²) in [5.74, 6) is 0. The molecular formula is C14H34N2. The molecule has 0 fully saturated rings. The molecule has 0 bridgehead atoms. The Labute approximate surface area is 104 Å². The summed E-state index contributed by atoms with van der Waals surface area (Å²) in [5, 5.41) is 3.21. The minimum absolute atomic E-state index is 0.479. The normalized spacial score (nSPS) is 11.2. The molecule has 0 aliphatic rings. The summed E-state index contributed by atoms with van der Waals surface area (Å²) in [6.07, 6.45) is 3.81. The monoisotopic (exact) mass is 230 g/mol. The Morgan fingerprint density at radius 2 is 1.56 bits per heavy atom. The molecule has 0 radical (unpaired) electrons. The van der Waals surface area contributed by atoms with E-state index >= 15 is 0 Å². The summed E-state index contributed by atoms with van der Waals surface area (Å²) in [7, 11) is 4.21. The van der Waals surface area contributed by atoms with Gasteiger partial charge in [-0.3, -0.25) is 0 Å². The summed E-state index contributed by atoms with van der Waals surface area (Å²) >= 11 is 0. The number of hydrogen-bond donors (Lipinski definition) is 1. The maximum absolute atomic E-state index is 3.21. The molecular weight excluding hydrogens is 196 g/mol. The fourth-order valence-corrected chi connectivity index (χ4v) is 1.24. The first kappa shape index (κ1) is 18.3. The van der Waals surface area contributed by atoms with Gasteiger partial charge in [-0.1, -0.05) is 41.0 Å². The Bertz CT molecular complexity index is 133. The number of nitrogens with one attached hydrogen (secondary N) is 1. The van der Waals surface area contributed by atoms with E-state index in [9.17, 15) is 0 Å². The van der Waals surface area contributed by atoms with Crippen LogP contribution in [-0.4, -0.2) is 38.6 Å². The zero-order valence-electron chi connectivity index (χ0n) is 12.7. The van der Waals surface area contributed by atoms with Crippen LogP contribution in [0.3, 0.4) is 0 Å². The Morgan fingerprint density at radius 3 is 1.94 bits per heavy atom. The molecule has 0 heterocycles. The van der Waals surface area contributed by atoms with Gasteiger partial charge in [0.2, 0.25) is 0 Å². The Morgan fingerprint density at radius 1 is 1.06 bits per heavy atom. The van der Waals surface area contributed by atoms with Crippen LogP contribution in [0.15, 0.2) is 0 Å². The molecule has 0 saturated carbocycles. The highest BCUT2D eigenvalue weighted by atomic mass is 15.1. The highest BCUT2D eigenvalue weighted by Crippen LogP contribution is 2.24. The maximum atomic E-state index is 3.21. The lowest BCUT2D eigenvalue weighted by Gasteiger charge is -2.27. The van der Waals surface area contributed by atoms with E-state index in [0.29, 0.717) is 5.41 Å². The Hall–Kier alpha value is -0.0800. The van der Waals surface area contributed by atoms with E-state index < -0.39 is 0 Å². The molecule has 0 aliphatic heterocycles. The molecule has 0 spiro atoms. The van der Waals surface area contributed by atoms with Crippen molar-refractivity contribution in [3.05, 3.63) is 0 Å². The fourth-order valence-electron chi connectivity index (χ4n) is 1.24. The summed E-state index contributed by atoms with van der Waals surface area (Å²) in [6.45, 7) is 14.7. The third kappa shape index (κ3) is 13.9. The zero-order chi connectivity index (χ0) is 13.0. The first-order chi connectivity index (χ1) is 7.43. The Balaban J connectivity index is 0. The molecule has 100 valence electrons. The van der Waals surface area contributed by atoms with Gasteiger partial charge >= 0.3 is 0 Å². The number of nitrogens with zero attached hydrogens (tertiary/aromatic N) is 1. The largest absolute Gasteiger partial charge is 0.320 e. The van der Waals surface area contributed by atoms with E-state index in [2.05, 4.69) is 51.9 Å². The standard InChI is InChI=1S/C11H26N2.C3H8/c1-6-13(5)10-8-11(2,3)7-9-12-4;1-3-2/h12H,6-10H2,1-5H3;3H2,1-2H3. The average molecular weight is 230 g/mol. The highest BCUT2D eigenvalue weighted by Gasteiger charge is 2.16. The Kier molecular flexibility index (Phi) is 13.0. The quantitative estimate of drug-likeness (QED) is 0.721. The molecule has 0 amide bonds. The van der Waals surface area contributed by atoms with E-state index in [1.165, 1.54) is 25.8 Å². The lowest BCUT2D eigenvalue weighted by molar-refractivity contribution is 0.241. The molecule has 2 nitrogen and oxygen atoms in total. The second kappa shape index (κ2) is 11.4. The first-order valence-electron chi connectivity index (χ1n) is 6.76. The van der Waals surface area contributed by atoms with Gasteiger partial charge in [-0.15, -0.1) is 0 Å². The van der Waals surface area contributed by atoms with E-state index in [-0.39, 0.29) is 0 Å². The van der Waals surface area contributed by atoms with Crippen LogP contribution in [-0.2, 0) is 0 Å². The average Bonchev–Trinajstić information content (AvgIpc) is 2.24. The third-order valence-corrected chi connectivity index (χ3v) is 2.76. The van der Waals surface area contributed by atoms with Gasteiger partial charge in [0.05, 0.1) is 0 Å². The van der Waals surface area contributed by atoms with Crippen LogP contribution >= 0.6 is 0 Å². The van der Waals surface area contributed by atoms with E-state index in [1.54, 1.807) is 0 Å². The van der Waals surface area contributed by atoms with Crippen molar-refractivity contribution in [1.29, 1.82) is 0 Å². The van der Waals surface area contributed by atoms with Crippen molar-refractivity contribution in [2.24, 2.45) is 5.41 Å². The molecule has 0 aliphatic carbocycles. The van der Waals surface area contributed by atoms with Crippen LogP contribution in [0.2, 0.25) is 0 Å². The molecule has 0 atom stereocenters. The van der Waals surface area contributed by atoms with Crippen LogP contribution in [0.5, 0.6) is 0 Å². The molecule has 0 unspecified atom stereocenters. The van der Waals surface area contributed by atoms with Crippen molar-refractivity contribution in [2.75, 3.05) is 33.7 Å². The van der Waals surface area contributed by atoms with Gasteiger partial charge in [-0.25, -0.2) is 0 Å². The molecule has 16 heavy (non-hydrogen) atoms. The van der Waals surface area contributed by atoms with Crippen molar-refractivity contribution in [3.63, 3.8) is 0 Å².